The highest BCUT2D eigenvalue weighted by Crippen LogP contribution is 2.34. The lowest BCUT2D eigenvalue weighted by atomic mass is 10.1. The van der Waals surface area contributed by atoms with Crippen molar-refractivity contribution in [2.45, 2.75) is 0 Å². The summed E-state index contributed by atoms with van der Waals surface area (Å²) < 4.78 is 28.9. The van der Waals surface area contributed by atoms with Crippen LogP contribution in [-0.4, -0.2) is 5.78 Å². The molecule has 7 heteroatoms. The second-order valence-corrected chi connectivity index (χ2v) is 7.45. The minimum Gasteiger partial charge on any atom is -0.287 e. The summed E-state index contributed by atoms with van der Waals surface area (Å²) in [6.45, 7) is 0. The largest absolute Gasteiger partial charge is 0.287 e. The molecule has 0 aliphatic heterocycles. The average Bonchev–Trinajstić information content (AvgIpc) is 2.57. The fraction of sp³-hybridized carbons (Fsp3) is 0. The zero-order chi connectivity index (χ0) is 13.4. The van der Waals surface area contributed by atoms with Crippen LogP contribution in [0.2, 0.25) is 0 Å². The van der Waals surface area contributed by atoms with Crippen molar-refractivity contribution >= 4 is 64.9 Å². The van der Waals surface area contributed by atoms with Crippen molar-refractivity contribution < 1.29 is 13.6 Å². The number of carbonyl (C=O) groups is 1. The van der Waals surface area contributed by atoms with Crippen LogP contribution in [0.25, 0.3) is 0 Å². The molecule has 0 N–H and O–H groups in total. The molecule has 2 aromatic rings. The molecular weight excluding hydrogens is 458 g/mol. The molecule has 0 spiro atoms. The van der Waals surface area contributed by atoms with Gasteiger partial charge in [0.25, 0.3) is 0 Å². The van der Waals surface area contributed by atoms with E-state index in [1.807, 2.05) is 0 Å². The number of thiophene rings is 1. The molecule has 0 bridgehead atoms. The first-order chi connectivity index (χ1) is 8.40. The van der Waals surface area contributed by atoms with E-state index in [1.54, 1.807) is 0 Å². The van der Waals surface area contributed by atoms with E-state index in [2.05, 4.69) is 47.8 Å². The Hall–Kier alpha value is -0.110. The maximum atomic E-state index is 13.6. The zero-order valence-corrected chi connectivity index (χ0v) is 14.0. The lowest BCUT2D eigenvalue weighted by molar-refractivity contribution is 0.103. The van der Waals surface area contributed by atoms with Gasteiger partial charge in [0.1, 0.15) is 11.6 Å². The molecule has 0 atom stereocenters. The van der Waals surface area contributed by atoms with Gasteiger partial charge in [-0.15, -0.1) is 11.3 Å². The van der Waals surface area contributed by atoms with Crippen molar-refractivity contribution in [3.63, 3.8) is 0 Å². The summed E-state index contributed by atoms with van der Waals surface area (Å²) in [5.74, 6) is -2.44. The first kappa shape index (κ1) is 14.3. The summed E-state index contributed by atoms with van der Waals surface area (Å²) in [5, 5.41) is 0. The summed E-state index contributed by atoms with van der Waals surface area (Å²) in [6.07, 6.45) is 0. The Bertz CT molecular complexity index is 597. The predicted molar refractivity (Wildman–Crippen MR) is 77.2 cm³/mol. The number of hydrogen-bond donors (Lipinski definition) is 0. The average molecular weight is 461 g/mol. The second kappa shape index (κ2) is 5.48. The molecule has 1 heterocycles. The number of ketones is 1. The highest BCUT2D eigenvalue weighted by atomic mass is 79.9. The van der Waals surface area contributed by atoms with E-state index in [4.69, 9.17) is 0 Å². The van der Waals surface area contributed by atoms with Crippen molar-refractivity contribution in [1.29, 1.82) is 0 Å². The molecule has 0 aliphatic carbocycles. The van der Waals surface area contributed by atoms with Crippen molar-refractivity contribution in [2.24, 2.45) is 0 Å². The molecule has 2 rings (SSSR count). The molecule has 0 radical (unpaired) electrons. The van der Waals surface area contributed by atoms with Gasteiger partial charge in [-0.1, -0.05) is 15.9 Å². The molecule has 0 aliphatic rings. The number of hydrogen-bond acceptors (Lipinski definition) is 2. The van der Waals surface area contributed by atoms with E-state index < -0.39 is 23.0 Å². The predicted octanol–water partition coefficient (Wildman–Crippen LogP) is 5.54. The lowest BCUT2D eigenvalue weighted by Gasteiger charge is -2.03. The number of rotatable bonds is 2. The third-order valence-electron chi connectivity index (χ3n) is 2.10. The van der Waals surface area contributed by atoms with Gasteiger partial charge in [-0.2, -0.15) is 0 Å². The van der Waals surface area contributed by atoms with Crippen LogP contribution in [0, 0.1) is 11.6 Å². The van der Waals surface area contributed by atoms with Gasteiger partial charge in [-0.05, 0) is 50.1 Å². The maximum Gasteiger partial charge on any atom is 0.208 e. The van der Waals surface area contributed by atoms with Gasteiger partial charge in [-0.3, -0.25) is 4.79 Å². The molecule has 0 saturated heterocycles. The summed E-state index contributed by atoms with van der Waals surface area (Å²) >= 11 is 10.5. The first-order valence-electron chi connectivity index (χ1n) is 4.54. The second-order valence-electron chi connectivity index (χ2n) is 3.31. The fourth-order valence-electron chi connectivity index (χ4n) is 1.34. The number of halogens is 5. The van der Waals surface area contributed by atoms with Gasteiger partial charge in [0.05, 0.1) is 14.2 Å². The third-order valence-corrected chi connectivity index (χ3v) is 5.82. The van der Waals surface area contributed by atoms with Crippen molar-refractivity contribution in [3.05, 3.63) is 53.0 Å². The summed E-state index contributed by atoms with van der Waals surface area (Å²) in [4.78, 5) is 12.3. The van der Waals surface area contributed by atoms with E-state index in [9.17, 15) is 13.6 Å². The Morgan fingerprint density at radius 1 is 1.06 bits per heavy atom. The van der Waals surface area contributed by atoms with Gasteiger partial charge in [0.2, 0.25) is 5.78 Å². The molecule has 0 saturated carbocycles. The van der Waals surface area contributed by atoms with Crippen molar-refractivity contribution in [1.82, 2.24) is 0 Å². The Kier molecular flexibility index (Phi) is 4.36. The van der Waals surface area contributed by atoms with Crippen LogP contribution >= 0.6 is 59.1 Å². The van der Waals surface area contributed by atoms with Gasteiger partial charge in [0.15, 0.2) is 0 Å². The first-order valence-corrected chi connectivity index (χ1v) is 7.73. The van der Waals surface area contributed by atoms with Crippen LogP contribution < -0.4 is 0 Å². The van der Waals surface area contributed by atoms with Gasteiger partial charge in [0, 0.05) is 8.95 Å². The van der Waals surface area contributed by atoms with Crippen LogP contribution in [-0.2, 0) is 0 Å². The number of benzene rings is 1. The zero-order valence-electron chi connectivity index (χ0n) is 8.44. The molecule has 1 aromatic heterocycles. The van der Waals surface area contributed by atoms with E-state index in [1.165, 1.54) is 6.07 Å². The molecule has 1 aromatic carbocycles. The van der Waals surface area contributed by atoms with Crippen LogP contribution in [0.4, 0.5) is 8.78 Å². The van der Waals surface area contributed by atoms with E-state index >= 15 is 0 Å². The standard InChI is InChI=1S/C11H3Br3F2OS/c12-4-1-6(15)9(7(16)2-4)10(17)8-3-5(13)11(14)18-8/h1-3H. The highest BCUT2D eigenvalue weighted by Gasteiger charge is 2.22. The SMILES string of the molecule is O=C(c1cc(Br)c(Br)s1)c1c(F)cc(Br)cc1F. The molecule has 0 fully saturated rings. The third kappa shape index (κ3) is 2.74. The van der Waals surface area contributed by atoms with E-state index in [-0.39, 0.29) is 9.35 Å². The molecule has 1 nitrogen and oxygen atoms in total. The quantitative estimate of drug-likeness (QED) is 0.537. The summed E-state index contributed by atoms with van der Waals surface area (Å²) in [7, 11) is 0. The minimum absolute atomic E-state index is 0.252. The Morgan fingerprint density at radius 3 is 2.06 bits per heavy atom. The van der Waals surface area contributed by atoms with E-state index in [0.717, 1.165) is 23.5 Å². The van der Waals surface area contributed by atoms with E-state index in [0.29, 0.717) is 8.26 Å². The Balaban J connectivity index is 2.52. The molecule has 18 heavy (non-hydrogen) atoms. The Labute approximate surface area is 131 Å². The molecule has 94 valence electrons. The van der Waals surface area contributed by atoms with Gasteiger partial charge < -0.3 is 0 Å². The lowest BCUT2D eigenvalue weighted by Crippen LogP contribution is -2.06. The summed E-state index contributed by atoms with van der Waals surface area (Å²) in [6, 6.07) is 3.65. The minimum atomic E-state index is -0.882. The normalized spacial score (nSPS) is 10.7. The highest BCUT2D eigenvalue weighted by molar-refractivity contribution is 9.13. The van der Waals surface area contributed by atoms with Gasteiger partial charge >= 0.3 is 0 Å². The van der Waals surface area contributed by atoms with Crippen LogP contribution in [0.5, 0.6) is 0 Å². The molecule has 0 unspecified atom stereocenters. The molecular formula is C11H3Br3F2OS. The van der Waals surface area contributed by atoms with Gasteiger partial charge in [-0.25, -0.2) is 8.78 Å². The van der Waals surface area contributed by atoms with Crippen LogP contribution in [0.15, 0.2) is 30.9 Å². The summed E-state index contributed by atoms with van der Waals surface area (Å²) in [5.41, 5.74) is -0.542. The monoisotopic (exact) mass is 458 g/mol. The smallest absolute Gasteiger partial charge is 0.208 e. The van der Waals surface area contributed by atoms with Crippen molar-refractivity contribution in [3.8, 4) is 0 Å². The number of carbonyl (C=O) groups excluding carboxylic acids is 1. The fourth-order valence-corrected chi connectivity index (χ4v) is 3.72. The maximum absolute atomic E-state index is 13.6. The van der Waals surface area contributed by atoms with Crippen molar-refractivity contribution in [2.75, 3.05) is 0 Å². The van der Waals surface area contributed by atoms with Crippen LogP contribution in [0.3, 0.4) is 0 Å². The topological polar surface area (TPSA) is 17.1 Å². The molecule has 0 amide bonds. The van der Waals surface area contributed by atoms with Crippen LogP contribution in [0.1, 0.15) is 15.2 Å². The Morgan fingerprint density at radius 2 is 1.61 bits per heavy atom.